The highest BCUT2D eigenvalue weighted by atomic mass is 15.0. The fraction of sp³-hybridized carbons (Fsp3) is 0. The van der Waals surface area contributed by atoms with Gasteiger partial charge in [-0.15, -0.1) is 0 Å². The van der Waals surface area contributed by atoms with Crippen LogP contribution in [0.2, 0.25) is 0 Å². The van der Waals surface area contributed by atoms with Crippen LogP contribution in [-0.2, 0) is 0 Å². The maximum atomic E-state index is 5.06. The minimum Gasteiger partial charge on any atom is -0.309 e. The van der Waals surface area contributed by atoms with Crippen LogP contribution in [0.3, 0.4) is 0 Å². The molecule has 0 spiro atoms. The van der Waals surface area contributed by atoms with Crippen molar-refractivity contribution in [2.75, 3.05) is 0 Å². The van der Waals surface area contributed by atoms with Gasteiger partial charge in [0.2, 0.25) is 0 Å². The van der Waals surface area contributed by atoms with Crippen molar-refractivity contribution in [1.82, 2.24) is 19.5 Å². The molecule has 0 atom stereocenters. The monoisotopic (exact) mass is 650 g/mol. The molecule has 0 aliphatic carbocycles. The standard InChI is InChI=1S/C47H30N4/c1-2-12-32(13-3-1)45-48-46(33-24-22-31(23-25-33)42-30-35-14-4-5-15-37(35)38-16-6-7-17-39(38)42)50-47(49-45)34-26-28-36(29-27-34)51-43-20-10-8-18-40(43)41-19-9-11-21-44(41)51/h1-30H. The van der Waals surface area contributed by atoms with Gasteiger partial charge in [-0.1, -0.05) is 140 Å². The molecule has 4 nitrogen and oxygen atoms in total. The first-order valence-corrected chi connectivity index (χ1v) is 17.2. The lowest BCUT2D eigenvalue weighted by molar-refractivity contribution is 1.07. The Labute approximate surface area is 295 Å². The zero-order valence-electron chi connectivity index (χ0n) is 27.6. The third-order valence-corrected chi connectivity index (χ3v) is 9.85. The molecule has 2 aromatic heterocycles. The smallest absolute Gasteiger partial charge is 0.164 e. The average Bonchev–Trinajstić information content (AvgIpc) is 3.55. The molecular formula is C47H30N4. The van der Waals surface area contributed by atoms with E-state index < -0.39 is 0 Å². The van der Waals surface area contributed by atoms with Crippen LogP contribution in [0.15, 0.2) is 182 Å². The van der Waals surface area contributed by atoms with Crippen LogP contribution in [0.1, 0.15) is 0 Å². The first kappa shape index (κ1) is 29.0. The summed E-state index contributed by atoms with van der Waals surface area (Å²) in [5.74, 6) is 1.92. The fourth-order valence-corrected chi connectivity index (χ4v) is 7.40. The minimum atomic E-state index is 0.636. The molecule has 0 radical (unpaired) electrons. The predicted molar refractivity (Wildman–Crippen MR) is 211 cm³/mol. The summed E-state index contributed by atoms with van der Waals surface area (Å²) in [7, 11) is 0. The van der Waals surface area contributed by atoms with Crippen LogP contribution >= 0.6 is 0 Å². The van der Waals surface area contributed by atoms with Gasteiger partial charge in [-0.25, -0.2) is 15.0 Å². The molecule has 0 unspecified atom stereocenters. The largest absolute Gasteiger partial charge is 0.309 e. The number of nitrogens with zero attached hydrogens (tertiary/aromatic N) is 4. The summed E-state index contributed by atoms with van der Waals surface area (Å²) in [5, 5.41) is 7.48. The molecule has 0 bridgehead atoms. The van der Waals surface area contributed by atoms with Gasteiger partial charge in [0.15, 0.2) is 17.5 Å². The molecule has 238 valence electrons. The van der Waals surface area contributed by atoms with Crippen LogP contribution < -0.4 is 0 Å². The third kappa shape index (κ3) is 4.96. The van der Waals surface area contributed by atoms with E-state index in [0.717, 1.165) is 27.9 Å². The topological polar surface area (TPSA) is 43.6 Å². The second kappa shape index (κ2) is 11.9. The van der Waals surface area contributed by atoms with Crippen molar-refractivity contribution in [1.29, 1.82) is 0 Å². The highest BCUT2D eigenvalue weighted by Gasteiger charge is 2.15. The molecule has 10 rings (SSSR count). The number of hydrogen-bond donors (Lipinski definition) is 0. The maximum absolute atomic E-state index is 5.06. The lowest BCUT2D eigenvalue weighted by Gasteiger charge is -2.12. The van der Waals surface area contributed by atoms with E-state index in [1.54, 1.807) is 0 Å². The van der Waals surface area contributed by atoms with Crippen molar-refractivity contribution >= 4 is 43.4 Å². The minimum absolute atomic E-state index is 0.636. The third-order valence-electron chi connectivity index (χ3n) is 9.85. The number of benzene rings is 8. The molecule has 8 aromatic carbocycles. The molecule has 0 aliphatic rings. The molecule has 0 saturated heterocycles. The van der Waals surface area contributed by atoms with Gasteiger partial charge in [0.05, 0.1) is 11.0 Å². The Morgan fingerprint density at radius 2 is 0.745 bits per heavy atom. The highest BCUT2D eigenvalue weighted by Crippen LogP contribution is 2.36. The van der Waals surface area contributed by atoms with Crippen molar-refractivity contribution in [3.05, 3.63) is 182 Å². The lowest BCUT2D eigenvalue weighted by atomic mass is 9.93. The van der Waals surface area contributed by atoms with Crippen LogP contribution in [0, 0.1) is 0 Å². The molecule has 0 N–H and O–H groups in total. The second-order valence-electron chi connectivity index (χ2n) is 12.9. The predicted octanol–water partition coefficient (Wildman–Crippen LogP) is 11.9. The normalized spacial score (nSPS) is 11.5. The summed E-state index contributed by atoms with van der Waals surface area (Å²) < 4.78 is 2.32. The molecule has 4 heteroatoms. The number of para-hydroxylation sites is 2. The van der Waals surface area contributed by atoms with Gasteiger partial charge in [0, 0.05) is 33.2 Å². The Morgan fingerprint density at radius 1 is 0.314 bits per heavy atom. The Bertz CT molecular complexity index is 2840. The summed E-state index contributed by atoms with van der Waals surface area (Å²) in [6.07, 6.45) is 0. The maximum Gasteiger partial charge on any atom is 0.164 e. The number of aromatic nitrogens is 4. The van der Waals surface area contributed by atoms with Gasteiger partial charge in [-0.2, -0.15) is 0 Å². The van der Waals surface area contributed by atoms with E-state index in [1.165, 1.54) is 48.9 Å². The Morgan fingerprint density at radius 3 is 1.35 bits per heavy atom. The van der Waals surface area contributed by atoms with Crippen LogP contribution in [0.5, 0.6) is 0 Å². The van der Waals surface area contributed by atoms with E-state index in [9.17, 15) is 0 Å². The molecule has 0 saturated carbocycles. The van der Waals surface area contributed by atoms with E-state index in [0.29, 0.717) is 17.5 Å². The molecule has 10 aromatic rings. The number of hydrogen-bond acceptors (Lipinski definition) is 3. The molecule has 0 fully saturated rings. The summed E-state index contributed by atoms with van der Waals surface area (Å²) in [6.45, 7) is 0. The van der Waals surface area contributed by atoms with Crippen molar-refractivity contribution < 1.29 is 0 Å². The van der Waals surface area contributed by atoms with Crippen molar-refractivity contribution in [2.45, 2.75) is 0 Å². The van der Waals surface area contributed by atoms with Gasteiger partial charge in [-0.3, -0.25) is 0 Å². The van der Waals surface area contributed by atoms with Gasteiger partial charge >= 0.3 is 0 Å². The summed E-state index contributed by atoms with van der Waals surface area (Å²) in [4.78, 5) is 15.0. The van der Waals surface area contributed by atoms with Crippen molar-refractivity contribution in [3.8, 4) is 51.0 Å². The Hall–Kier alpha value is -6.91. The zero-order valence-corrected chi connectivity index (χ0v) is 27.6. The average molecular weight is 651 g/mol. The zero-order chi connectivity index (χ0) is 33.7. The van der Waals surface area contributed by atoms with Gasteiger partial charge in [-0.05, 0) is 75.1 Å². The Balaban J connectivity index is 1.07. The first-order chi connectivity index (χ1) is 25.3. The van der Waals surface area contributed by atoms with Gasteiger partial charge < -0.3 is 4.57 Å². The SMILES string of the molecule is c1ccc(-c2nc(-c3ccc(-c4cc5ccccc5c5ccccc45)cc3)nc(-c3ccc(-n4c5ccccc5c5ccccc54)cc3)n2)cc1. The highest BCUT2D eigenvalue weighted by molar-refractivity contribution is 6.14. The van der Waals surface area contributed by atoms with E-state index in [2.05, 4.69) is 156 Å². The molecule has 0 aliphatic heterocycles. The van der Waals surface area contributed by atoms with Crippen LogP contribution in [0.25, 0.3) is 94.3 Å². The molecular weight excluding hydrogens is 621 g/mol. The van der Waals surface area contributed by atoms with Gasteiger partial charge in [0.1, 0.15) is 0 Å². The van der Waals surface area contributed by atoms with Crippen molar-refractivity contribution in [3.63, 3.8) is 0 Å². The van der Waals surface area contributed by atoms with Crippen molar-refractivity contribution in [2.24, 2.45) is 0 Å². The van der Waals surface area contributed by atoms with E-state index in [4.69, 9.17) is 15.0 Å². The Kier molecular flexibility index (Phi) is 6.78. The van der Waals surface area contributed by atoms with Gasteiger partial charge in [0.25, 0.3) is 0 Å². The molecule has 2 heterocycles. The number of fused-ring (bicyclic) bond motifs is 6. The van der Waals surface area contributed by atoms with Crippen LogP contribution in [-0.4, -0.2) is 19.5 Å². The van der Waals surface area contributed by atoms with E-state index in [-0.39, 0.29) is 0 Å². The lowest BCUT2D eigenvalue weighted by Crippen LogP contribution is -2.00. The summed E-state index contributed by atoms with van der Waals surface area (Å²) in [6, 6.07) is 63.9. The van der Waals surface area contributed by atoms with E-state index in [1.807, 2.05) is 30.3 Å². The first-order valence-electron chi connectivity index (χ1n) is 17.2. The summed E-state index contributed by atoms with van der Waals surface area (Å²) in [5.41, 5.74) is 8.63. The number of rotatable bonds is 5. The molecule has 0 amide bonds. The molecule has 51 heavy (non-hydrogen) atoms. The second-order valence-corrected chi connectivity index (χ2v) is 12.9. The van der Waals surface area contributed by atoms with Crippen LogP contribution in [0.4, 0.5) is 0 Å². The quantitative estimate of drug-likeness (QED) is 0.174. The van der Waals surface area contributed by atoms with E-state index >= 15 is 0 Å². The summed E-state index contributed by atoms with van der Waals surface area (Å²) >= 11 is 0. The fourth-order valence-electron chi connectivity index (χ4n) is 7.40.